The number of hydrogen-bond donors (Lipinski definition) is 5. The van der Waals surface area contributed by atoms with Crippen LogP contribution in [0.1, 0.15) is 34.6 Å². The summed E-state index contributed by atoms with van der Waals surface area (Å²) in [5.74, 6) is -0.339. The van der Waals surface area contributed by atoms with Crippen LogP contribution in [0.15, 0.2) is 34.2 Å². The predicted octanol–water partition coefficient (Wildman–Crippen LogP) is -0.118. The highest BCUT2D eigenvalue weighted by Gasteiger charge is 2.21. The highest BCUT2D eigenvalue weighted by atomic mass is 32.1. The Morgan fingerprint density at radius 3 is 2.91 bits per heavy atom. The lowest BCUT2D eigenvalue weighted by molar-refractivity contribution is 0.0944. The molecule has 1 aliphatic carbocycles. The quantitative estimate of drug-likeness (QED) is 0.270. The molecule has 12 heteroatoms. The van der Waals surface area contributed by atoms with Gasteiger partial charge in [-0.3, -0.25) is 14.8 Å². The van der Waals surface area contributed by atoms with Crippen LogP contribution in [0.25, 0.3) is 22.3 Å². The van der Waals surface area contributed by atoms with Gasteiger partial charge in [0.1, 0.15) is 5.69 Å². The zero-order valence-corrected chi connectivity index (χ0v) is 18.9. The number of amides is 1. The van der Waals surface area contributed by atoms with Crippen molar-refractivity contribution in [3.05, 3.63) is 56.2 Å². The molecule has 2 aliphatic rings. The summed E-state index contributed by atoms with van der Waals surface area (Å²) >= 11 is 1.38. The van der Waals surface area contributed by atoms with Crippen molar-refractivity contribution in [3.8, 4) is 16.5 Å². The molecule has 5 heterocycles. The number of imidazole rings is 1. The molecule has 1 saturated heterocycles. The van der Waals surface area contributed by atoms with Crippen molar-refractivity contribution >= 4 is 29.0 Å². The number of aromatic amines is 2. The second-order valence-electron chi connectivity index (χ2n) is 8.51. The largest absolute Gasteiger partial charge is 0.493 e. The summed E-state index contributed by atoms with van der Waals surface area (Å²) in [6.07, 6.45) is 6.23. The van der Waals surface area contributed by atoms with Crippen LogP contribution < -0.4 is 27.0 Å². The fourth-order valence-corrected chi connectivity index (χ4v) is 4.82. The average molecular weight is 479 g/mol. The Hall–Kier alpha value is -3.77. The first-order chi connectivity index (χ1) is 16.5. The van der Waals surface area contributed by atoms with Gasteiger partial charge in [-0.25, -0.2) is 9.78 Å². The van der Waals surface area contributed by atoms with E-state index >= 15 is 0 Å². The van der Waals surface area contributed by atoms with Gasteiger partial charge in [0.25, 0.3) is 5.91 Å². The molecule has 11 nitrogen and oxygen atoms in total. The van der Waals surface area contributed by atoms with Gasteiger partial charge in [-0.1, -0.05) is 0 Å². The fourth-order valence-electron chi connectivity index (χ4n) is 3.95. The maximum atomic E-state index is 12.7. The first-order valence-corrected chi connectivity index (χ1v) is 11.9. The van der Waals surface area contributed by atoms with E-state index in [0.29, 0.717) is 26.9 Å². The monoisotopic (exact) mass is 478 g/mol. The summed E-state index contributed by atoms with van der Waals surface area (Å²) < 4.78 is 1.66. The third-order valence-corrected chi connectivity index (χ3v) is 6.96. The van der Waals surface area contributed by atoms with Crippen molar-refractivity contribution in [2.24, 2.45) is 4.99 Å². The predicted molar refractivity (Wildman–Crippen MR) is 125 cm³/mol. The Bertz CT molecular complexity index is 1570. The maximum Gasteiger partial charge on any atom is 0.326 e. The molecule has 5 N–H and O–H groups in total. The molecule has 1 aliphatic heterocycles. The lowest BCUT2D eigenvalue weighted by Crippen LogP contribution is -2.35. The lowest BCUT2D eigenvalue weighted by atomic mass is 10.2. The molecule has 6 rings (SSSR count). The van der Waals surface area contributed by atoms with Gasteiger partial charge in [0.15, 0.2) is 11.1 Å². The molecular weight excluding hydrogens is 456 g/mol. The van der Waals surface area contributed by atoms with E-state index in [9.17, 15) is 14.7 Å². The van der Waals surface area contributed by atoms with Crippen molar-refractivity contribution < 1.29 is 9.90 Å². The number of aromatic nitrogens is 5. The zero-order valence-electron chi connectivity index (χ0n) is 18.0. The molecule has 0 spiro atoms. The molecule has 0 aromatic carbocycles. The van der Waals surface area contributed by atoms with Gasteiger partial charge in [-0.05, 0) is 44.0 Å². The van der Waals surface area contributed by atoms with Crippen molar-refractivity contribution in [1.82, 2.24) is 35.2 Å². The smallest absolute Gasteiger partial charge is 0.326 e. The first-order valence-electron chi connectivity index (χ1n) is 11.1. The van der Waals surface area contributed by atoms with E-state index in [2.05, 4.69) is 25.7 Å². The van der Waals surface area contributed by atoms with Gasteiger partial charge in [0.05, 0.1) is 27.7 Å². The van der Waals surface area contributed by atoms with Gasteiger partial charge >= 0.3 is 5.69 Å². The van der Waals surface area contributed by atoms with E-state index in [-0.39, 0.29) is 29.6 Å². The topological polar surface area (TPSA) is 153 Å². The number of aromatic hydroxyl groups is 1. The van der Waals surface area contributed by atoms with Crippen LogP contribution in [0.5, 0.6) is 5.88 Å². The molecule has 1 amide bonds. The number of fused-ring (bicyclic) bond motifs is 1. The Kier molecular flexibility index (Phi) is 5.03. The molecule has 1 saturated carbocycles. The molecule has 1 atom stereocenters. The Morgan fingerprint density at radius 1 is 1.29 bits per heavy atom. The number of nitrogens with zero attached hydrogens (tertiary/aromatic N) is 4. The Morgan fingerprint density at radius 2 is 2.18 bits per heavy atom. The normalized spacial score (nSPS) is 19.4. The zero-order chi connectivity index (χ0) is 23.2. The number of carbonyl (C=O) groups is 1. The molecule has 34 heavy (non-hydrogen) atoms. The van der Waals surface area contributed by atoms with Gasteiger partial charge in [-0.2, -0.15) is 9.61 Å². The standard InChI is InChI=1S/C22H22N8O3S/c31-20-15(28-22(33)29-20)7-11-9-24-30-18(25-12-1-2-12)8-14(27-19(11)30)16-3-4-17(34-16)21(32)26-13-5-6-23-10-13/h3-4,7-9,12-13,23,31H,1-2,5-6,10H2,(H,26,32)(H2,28,29,33)/b11-7-,25-18?. The third kappa shape index (κ3) is 4.01. The molecule has 4 aromatic heterocycles. The van der Waals surface area contributed by atoms with Crippen molar-refractivity contribution in [3.63, 3.8) is 0 Å². The van der Waals surface area contributed by atoms with Crippen molar-refractivity contribution in [2.75, 3.05) is 13.1 Å². The highest BCUT2D eigenvalue weighted by molar-refractivity contribution is 7.17. The van der Waals surface area contributed by atoms with Gasteiger partial charge < -0.3 is 20.7 Å². The first kappa shape index (κ1) is 20.8. The maximum absolute atomic E-state index is 12.7. The van der Waals surface area contributed by atoms with Gasteiger partial charge in [0.2, 0.25) is 5.88 Å². The molecular formula is C22H22N8O3S. The SMILES string of the molecule is O=C(NC1CCNC1)c1ccc(-c2cc(=NC3CC3)n3nc/c(=C/c4[nH]c(=O)[nH]c4O)c3n2)s1. The summed E-state index contributed by atoms with van der Waals surface area (Å²) in [6.45, 7) is 1.70. The van der Waals surface area contributed by atoms with Crippen molar-refractivity contribution in [2.45, 2.75) is 31.3 Å². The summed E-state index contributed by atoms with van der Waals surface area (Å²) in [5, 5.41) is 21.3. The highest BCUT2D eigenvalue weighted by Crippen LogP contribution is 2.27. The average Bonchev–Trinajstić information content (AvgIpc) is 3.24. The van der Waals surface area contributed by atoms with Crippen molar-refractivity contribution in [1.29, 1.82) is 0 Å². The molecule has 0 radical (unpaired) electrons. The lowest BCUT2D eigenvalue weighted by Gasteiger charge is -2.09. The number of H-pyrrole nitrogens is 2. The van der Waals surface area contributed by atoms with E-state index in [0.717, 1.165) is 37.2 Å². The van der Waals surface area contributed by atoms with Crippen LogP contribution in [0.2, 0.25) is 0 Å². The molecule has 174 valence electrons. The van der Waals surface area contributed by atoms with Gasteiger partial charge in [0, 0.05) is 23.9 Å². The van der Waals surface area contributed by atoms with E-state index in [1.165, 1.54) is 11.3 Å². The van der Waals surface area contributed by atoms with Crippen LogP contribution in [0, 0.1) is 0 Å². The van der Waals surface area contributed by atoms with Crippen LogP contribution in [-0.4, -0.2) is 60.8 Å². The van der Waals surface area contributed by atoms with Crippen LogP contribution in [0.3, 0.4) is 0 Å². The molecule has 1 unspecified atom stereocenters. The number of nitrogens with one attached hydrogen (secondary N) is 4. The second kappa shape index (κ2) is 8.22. The van der Waals surface area contributed by atoms with Crippen LogP contribution in [0.4, 0.5) is 0 Å². The summed E-state index contributed by atoms with van der Waals surface area (Å²) in [5.41, 5.74) is 1.63. The number of rotatable bonds is 5. The minimum absolute atomic E-state index is 0.0841. The van der Waals surface area contributed by atoms with Crippen LogP contribution >= 0.6 is 11.3 Å². The fraction of sp³-hybridized carbons (Fsp3) is 0.318. The van der Waals surface area contributed by atoms with Crippen LogP contribution in [-0.2, 0) is 0 Å². The van der Waals surface area contributed by atoms with E-state index < -0.39 is 5.69 Å². The number of thiophene rings is 1. The summed E-state index contributed by atoms with van der Waals surface area (Å²) in [7, 11) is 0. The minimum atomic E-state index is -0.504. The molecule has 2 fully saturated rings. The van der Waals surface area contributed by atoms with E-state index in [1.54, 1.807) is 16.8 Å². The molecule has 0 bridgehead atoms. The van der Waals surface area contributed by atoms with Gasteiger partial charge in [-0.15, -0.1) is 11.3 Å². The van der Waals surface area contributed by atoms with E-state index in [4.69, 9.17) is 9.98 Å². The summed E-state index contributed by atoms with van der Waals surface area (Å²) in [6, 6.07) is 6.00. The minimum Gasteiger partial charge on any atom is -0.493 e. The molecule has 4 aromatic rings. The number of carbonyl (C=O) groups excluding carboxylic acids is 1. The summed E-state index contributed by atoms with van der Waals surface area (Å²) in [4.78, 5) is 40.1. The Balaban J connectivity index is 1.43. The van der Waals surface area contributed by atoms with E-state index in [1.807, 2.05) is 18.2 Å². The number of hydrogen-bond acceptors (Lipinski definition) is 8. The third-order valence-electron chi connectivity index (χ3n) is 5.85. The second-order valence-corrected chi connectivity index (χ2v) is 9.59. The Labute approximate surface area is 196 Å².